The smallest absolute Gasteiger partial charge is 0.120 e. The number of phenolic OH excluding ortho intramolecular Hbond substituents is 1. The van der Waals surface area contributed by atoms with Crippen LogP contribution in [0.15, 0.2) is 60.7 Å². The lowest BCUT2D eigenvalue weighted by atomic mass is 9.98. The minimum absolute atomic E-state index is 0.0330. The highest BCUT2D eigenvalue weighted by Gasteiger charge is 2.19. The Labute approximate surface area is 190 Å². The highest BCUT2D eigenvalue weighted by Crippen LogP contribution is 2.26. The van der Waals surface area contributed by atoms with E-state index in [9.17, 15) is 5.11 Å². The van der Waals surface area contributed by atoms with Crippen molar-refractivity contribution >= 4 is 8.80 Å². The molecule has 4 heteroatoms. The van der Waals surface area contributed by atoms with Crippen molar-refractivity contribution in [3.8, 4) is 23.3 Å². The molecule has 0 aromatic heterocycles. The van der Waals surface area contributed by atoms with E-state index < -0.39 is 8.80 Å². The third kappa shape index (κ3) is 9.04. The molecule has 0 saturated heterocycles. The fraction of sp³-hybridized carbons (Fsp3) is 0.407. The van der Waals surface area contributed by atoms with Gasteiger partial charge in [-0.1, -0.05) is 62.2 Å². The monoisotopic (exact) mass is 434 g/mol. The normalized spacial score (nSPS) is 12.8. The van der Waals surface area contributed by atoms with Crippen molar-refractivity contribution in [1.82, 2.24) is 4.90 Å². The summed E-state index contributed by atoms with van der Waals surface area (Å²) in [7, 11) is -0.739. The molecule has 0 saturated carbocycles. The molecule has 0 bridgehead atoms. The van der Waals surface area contributed by atoms with E-state index in [4.69, 9.17) is 4.74 Å². The minimum atomic E-state index is -0.739. The second-order valence-corrected chi connectivity index (χ2v) is 11.7. The summed E-state index contributed by atoms with van der Waals surface area (Å²) in [4.78, 5) is 2.38. The van der Waals surface area contributed by atoms with Gasteiger partial charge in [0.05, 0.1) is 0 Å². The lowest BCUT2D eigenvalue weighted by Gasteiger charge is -2.23. The number of rotatable bonds is 9. The molecule has 2 aromatic rings. The molecule has 31 heavy (non-hydrogen) atoms. The van der Waals surface area contributed by atoms with Gasteiger partial charge in [-0.25, -0.2) is 0 Å². The molecule has 1 N–H and O–H groups in total. The van der Waals surface area contributed by atoms with Crippen LogP contribution in [0.2, 0.25) is 13.1 Å². The maximum absolute atomic E-state index is 9.59. The third-order valence-electron chi connectivity index (χ3n) is 4.74. The van der Waals surface area contributed by atoms with Crippen molar-refractivity contribution in [3.05, 3.63) is 71.8 Å². The van der Waals surface area contributed by atoms with Crippen LogP contribution in [0, 0.1) is 17.3 Å². The first-order valence-corrected chi connectivity index (χ1v) is 13.5. The molecule has 3 nitrogen and oxygen atoms in total. The van der Waals surface area contributed by atoms with E-state index in [0.717, 1.165) is 30.9 Å². The van der Waals surface area contributed by atoms with Crippen LogP contribution in [-0.4, -0.2) is 31.9 Å². The maximum atomic E-state index is 9.59. The maximum Gasteiger partial charge on any atom is 0.120 e. The van der Waals surface area contributed by atoms with E-state index in [2.05, 4.69) is 81.8 Å². The number of nitrogens with zero attached hydrogens (tertiary/aromatic N) is 1. The molecule has 2 aromatic carbocycles. The number of likely N-dealkylation sites (N-methyl/N-ethyl adjacent to an activating group) is 1. The van der Waals surface area contributed by atoms with Gasteiger partial charge in [0.25, 0.3) is 0 Å². The molecule has 1 radical (unpaired) electrons. The van der Waals surface area contributed by atoms with E-state index in [1.54, 1.807) is 12.1 Å². The topological polar surface area (TPSA) is 32.7 Å². The first-order chi connectivity index (χ1) is 14.7. The van der Waals surface area contributed by atoms with Crippen molar-refractivity contribution in [2.75, 3.05) is 13.1 Å². The first kappa shape index (κ1) is 24.8. The average molecular weight is 435 g/mol. The Morgan fingerprint density at radius 1 is 1.13 bits per heavy atom. The summed E-state index contributed by atoms with van der Waals surface area (Å²) < 4.78 is 6.42. The largest absolute Gasteiger partial charge is 0.508 e. The zero-order valence-corrected chi connectivity index (χ0v) is 20.8. The van der Waals surface area contributed by atoms with Crippen molar-refractivity contribution in [2.24, 2.45) is 5.41 Å². The molecule has 1 unspecified atom stereocenters. The standard InChI is InChI=1S/C27H36NO2Si/c1-7-28(19-10-8-9-18-27(2,3)4)21-22-12-11-13-25(20-22)30-26(31(5)6)23-14-16-24(29)17-15-23/h8,10-17,20,26,29H,7,19,21H2,1-6H3/b10-8+. The van der Waals surface area contributed by atoms with Gasteiger partial charge in [-0.2, -0.15) is 0 Å². The van der Waals surface area contributed by atoms with Crippen LogP contribution in [-0.2, 0) is 6.54 Å². The Hall–Kier alpha value is -2.48. The Morgan fingerprint density at radius 3 is 2.45 bits per heavy atom. The number of hydrogen-bond acceptors (Lipinski definition) is 3. The molecule has 1 atom stereocenters. The van der Waals surface area contributed by atoms with Crippen LogP contribution < -0.4 is 4.74 Å². The number of phenols is 1. The van der Waals surface area contributed by atoms with Crippen LogP contribution in [0.3, 0.4) is 0 Å². The summed E-state index contributed by atoms with van der Waals surface area (Å²) in [6.45, 7) is 15.7. The lowest BCUT2D eigenvalue weighted by molar-refractivity contribution is 0.278. The summed E-state index contributed by atoms with van der Waals surface area (Å²) in [5.74, 6) is 7.54. The predicted molar refractivity (Wildman–Crippen MR) is 133 cm³/mol. The first-order valence-electron chi connectivity index (χ1n) is 10.9. The zero-order chi connectivity index (χ0) is 22.9. The molecule has 0 aliphatic rings. The van der Waals surface area contributed by atoms with E-state index in [0.29, 0.717) is 0 Å². The van der Waals surface area contributed by atoms with Crippen LogP contribution in [0.4, 0.5) is 0 Å². The zero-order valence-electron chi connectivity index (χ0n) is 19.8. The van der Waals surface area contributed by atoms with Crippen LogP contribution in [0.5, 0.6) is 11.5 Å². The molecule has 0 amide bonds. The molecule has 0 fully saturated rings. The quantitative estimate of drug-likeness (QED) is 0.375. The molecule has 0 spiro atoms. The fourth-order valence-electron chi connectivity index (χ4n) is 3.10. The van der Waals surface area contributed by atoms with Crippen molar-refractivity contribution in [1.29, 1.82) is 0 Å². The molecule has 2 rings (SSSR count). The second kappa shape index (κ2) is 11.8. The number of allylic oxidation sites excluding steroid dienone is 1. The molecular formula is C27H36NO2Si. The summed E-state index contributed by atoms with van der Waals surface area (Å²) in [5, 5.41) is 9.59. The lowest BCUT2D eigenvalue weighted by Crippen LogP contribution is -2.23. The number of hydrogen-bond donors (Lipinski definition) is 1. The predicted octanol–water partition coefficient (Wildman–Crippen LogP) is 6.23. The Balaban J connectivity index is 2.04. The Bertz CT molecular complexity index is 901. The van der Waals surface area contributed by atoms with Gasteiger partial charge in [0.2, 0.25) is 0 Å². The van der Waals surface area contributed by atoms with E-state index in [-0.39, 0.29) is 16.9 Å². The van der Waals surface area contributed by atoms with Gasteiger partial charge < -0.3 is 9.84 Å². The van der Waals surface area contributed by atoms with E-state index >= 15 is 0 Å². The van der Waals surface area contributed by atoms with Crippen molar-refractivity contribution in [3.63, 3.8) is 0 Å². The second-order valence-electron chi connectivity index (χ2n) is 9.06. The van der Waals surface area contributed by atoms with Gasteiger partial charge in [0, 0.05) is 18.5 Å². The van der Waals surface area contributed by atoms with Gasteiger partial charge in [-0.3, -0.25) is 4.90 Å². The van der Waals surface area contributed by atoms with Gasteiger partial charge >= 0.3 is 0 Å². The van der Waals surface area contributed by atoms with Gasteiger partial charge in [-0.15, -0.1) is 0 Å². The number of ether oxygens (including phenoxy) is 1. The van der Waals surface area contributed by atoms with Crippen LogP contribution in [0.25, 0.3) is 0 Å². The summed E-state index contributed by atoms with van der Waals surface area (Å²) in [6, 6.07) is 15.7. The fourth-order valence-corrected chi connectivity index (χ4v) is 4.34. The molecule has 165 valence electrons. The summed E-state index contributed by atoms with van der Waals surface area (Å²) in [5.41, 5.74) is 2.41. The van der Waals surface area contributed by atoms with Gasteiger partial charge in [0.15, 0.2) is 0 Å². The van der Waals surface area contributed by atoms with E-state index in [1.165, 1.54) is 5.56 Å². The molecule has 0 aliphatic heterocycles. The minimum Gasteiger partial charge on any atom is -0.508 e. The Morgan fingerprint density at radius 2 is 1.84 bits per heavy atom. The SMILES string of the molecule is CCN(C/C=C/C#CC(C)(C)C)Cc1cccc(OC(c2ccc(O)cc2)[Si](C)C)c1. The van der Waals surface area contributed by atoms with E-state index in [1.807, 2.05) is 24.3 Å². The van der Waals surface area contributed by atoms with Gasteiger partial charge in [0.1, 0.15) is 26.0 Å². The van der Waals surface area contributed by atoms with Crippen LogP contribution in [0.1, 0.15) is 44.5 Å². The number of aromatic hydroxyl groups is 1. The van der Waals surface area contributed by atoms with Crippen molar-refractivity contribution in [2.45, 2.75) is 53.1 Å². The Kier molecular flexibility index (Phi) is 9.42. The van der Waals surface area contributed by atoms with Crippen molar-refractivity contribution < 1.29 is 9.84 Å². The molecule has 0 aliphatic carbocycles. The summed E-state index contributed by atoms with van der Waals surface area (Å²) in [6.07, 6.45) is 4.09. The summed E-state index contributed by atoms with van der Waals surface area (Å²) >= 11 is 0. The van der Waals surface area contributed by atoms with Gasteiger partial charge in [-0.05, 0) is 68.8 Å². The molecular weight excluding hydrogens is 398 g/mol. The highest BCUT2D eigenvalue weighted by atomic mass is 28.3. The average Bonchev–Trinajstić information content (AvgIpc) is 2.71. The van der Waals surface area contributed by atoms with Crippen LogP contribution >= 0.6 is 0 Å². The molecule has 0 heterocycles. The number of benzene rings is 2. The third-order valence-corrected chi connectivity index (χ3v) is 6.24. The highest BCUT2D eigenvalue weighted by molar-refractivity contribution is 6.57.